The third kappa shape index (κ3) is 2.55. The molecule has 1 heterocycles. The number of carbonyl (C=O) groups is 1. The lowest BCUT2D eigenvalue weighted by Gasteiger charge is -2.01. The smallest absolute Gasteiger partial charge is 0.238 e. The highest BCUT2D eigenvalue weighted by Gasteiger charge is 2.05. The van der Waals surface area contributed by atoms with Gasteiger partial charge in [0, 0.05) is 13.2 Å². The monoisotopic (exact) mass is 182 g/mol. The van der Waals surface area contributed by atoms with Crippen molar-refractivity contribution in [1.82, 2.24) is 15.1 Å². The first-order valence-corrected chi connectivity index (χ1v) is 4.08. The molecule has 0 saturated heterocycles. The summed E-state index contributed by atoms with van der Waals surface area (Å²) < 4.78 is 1.67. The Morgan fingerprint density at radius 1 is 1.69 bits per heavy atom. The van der Waals surface area contributed by atoms with Crippen molar-refractivity contribution in [3.8, 4) is 0 Å². The lowest BCUT2D eigenvalue weighted by molar-refractivity contribution is -0.115. The average molecular weight is 182 g/mol. The molecule has 1 amide bonds. The van der Waals surface area contributed by atoms with Crippen molar-refractivity contribution in [3.63, 3.8) is 0 Å². The number of amides is 1. The Morgan fingerprint density at radius 2 is 2.38 bits per heavy atom. The van der Waals surface area contributed by atoms with Gasteiger partial charge >= 0.3 is 0 Å². The number of aromatic nitrogens is 2. The quantitative estimate of drug-likeness (QED) is 0.685. The van der Waals surface area contributed by atoms with E-state index >= 15 is 0 Å². The van der Waals surface area contributed by atoms with Gasteiger partial charge < -0.3 is 10.6 Å². The van der Waals surface area contributed by atoms with Gasteiger partial charge in [0.05, 0.1) is 17.9 Å². The second-order valence-electron chi connectivity index (χ2n) is 2.88. The van der Waals surface area contributed by atoms with E-state index in [2.05, 4.69) is 15.7 Å². The maximum Gasteiger partial charge on any atom is 0.238 e. The van der Waals surface area contributed by atoms with Gasteiger partial charge in [0.1, 0.15) is 0 Å². The van der Waals surface area contributed by atoms with Crippen LogP contribution in [0.3, 0.4) is 0 Å². The van der Waals surface area contributed by atoms with E-state index < -0.39 is 0 Å². The fraction of sp³-hybridized carbons (Fsp3) is 0.500. The molecule has 0 saturated carbocycles. The van der Waals surface area contributed by atoms with Crippen LogP contribution in [0.2, 0.25) is 0 Å². The fourth-order valence-electron chi connectivity index (χ4n) is 1.08. The van der Waals surface area contributed by atoms with Gasteiger partial charge in [0.2, 0.25) is 5.91 Å². The third-order valence-electron chi connectivity index (χ3n) is 1.62. The Hall–Kier alpha value is -1.36. The van der Waals surface area contributed by atoms with E-state index in [1.807, 2.05) is 14.0 Å². The van der Waals surface area contributed by atoms with Crippen LogP contribution in [0, 0.1) is 6.92 Å². The number of hydrogen-bond acceptors (Lipinski definition) is 3. The third-order valence-corrected chi connectivity index (χ3v) is 1.62. The Kier molecular flexibility index (Phi) is 3.02. The number of rotatable bonds is 3. The highest BCUT2D eigenvalue weighted by Crippen LogP contribution is 2.10. The van der Waals surface area contributed by atoms with Crippen LogP contribution in [0.1, 0.15) is 5.69 Å². The zero-order valence-electron chi connectivity index (χ0n) is 8.09. The molecule has 72 valence electrons. The molecule has 0 spiro atoms. The molecular formula is C8H14N4O. The number of anilines is 1. The van der Waals surface area contributed by atoms with Crippen LogP contribution in [0.4, 0.5) is 5.69 Å². The molecule has 0 unspecified atom stereocenters. The van der Waals surface area contributed by atoms with Crippen LogP contribution in [-0.4, -0.2) is 29.3 Å². The summed E-state index contributed by atoms with van der Waals surface area (Å²) in [5.74, 6) is -0.0569. The molecular weight excluding hydrogens is 168 g/mol. The van der Waals surface area contributed by atoms with Crippen molar-refractivity contribution in [2.45, 2.75) is 6.92 Å². The minimum atomic E-state index is -0.0569. The second kappa shape index (κ2) is 4.04. The predicted octanol–water partition coefficient (Wildman–Crippen LogP) is -0.114. The van der Waals surface area contributed by atoms with Gasteiger partial charge in [0.15, 0.2) is 0 Å². The molecule has 5 heteroatoms. The molecule has 0 aliphatic rings. The molecule has 0 aliphatic heterocycles. The normalized spacial score (nSPS) is 10.1. The first-order valence-electron chi connectivity index (χ1n) is 4.08. The first-order chi connectivity index (χ1) is 6.13. The first kappa shape index (κ1) is 9.73. The molecule has 1 aromatic heterocycles. The molecule has 0 aromatic carbocycles. The summed E-state index contributed by atoms with van der Waals surface area (Å²) in [6.07, 6.45) is 1.78. The second-order valence-corrected chi connectivity index (χ2v) is 2.88. The maximum atomic E-state index is 11.2. The Morgan fingerprint density at radius 3 is 2.85 bits per heavy atom. The molecule has 5 nitrogen and oxygen atoms in total. The summed E-state index contributed by atoms with van der Waals surface area (Å²) >= 11 is 0. The van der Waals surface area contributed by atoms with Gasteiger partial charge in [-0.3, -0.25) is 9.48 Å². The zero-order valence-corrected chi connectivity index (χ0v) is 8.09. The number of nitrogens with zero attached hydrogens (tertiary/aromatic N) is 2. The maximum absolute atomic E-state index is 11.2. The topological polar surface area (TPSA) is 59.0 Å². The Bertz CT molecular complexity index is 305. The highest BCUT2D eigenvalue weighted by molar-refractivity contribution is 5.92. The number of hydrogen-bond donors (Lipinski definition) is 2. The highest BCUT2D eigenvalue weighted by atomic mass is 16.1. The molecule has 0 aliphatic carbocycles. The van der Waals surface area contributed by atoms with E-state index in [1.54, 1.807) is 17.9 Å². The number of nitrogens with one attached hydrogen (secondary N) is 2. The van der Waals surface area contributed by atoms with Crippen molar-refractivity contribution in [3.05, 3.63) is 11.9 Å². The van der Waals surface area contributed by atoms with Crippen molar-refractivity contribution < 1.29 is 4.79 Å². The lowest BCUT2D eigenvalue weighted by Crippen LogP contribution is -2.25. The summed E-state index contributed by atoms with van der Waals surface area (Å²) in [7, 11) is 3.55. The van der Waals surface area contributed by atoms with E-state index in [4.69, 9.17) is 0 Å². The Balaban J connectivity index is 2.63. The molecule has 0 radical (unpaired) electrons. The number of likely N-dealkylation sites (N-methyl/N-ethyl adjacent to an activating group) is 1. The van der Waals surface area contributed by atoms with Gasteiger partial charge in [0.25, 0.3) is 0 Å². The minimum Gasteiger partial charge on any atom is -0.322 e. The summed E-state index contributed by atoms with van der Waals surface area (Å²) in [5, 5.41) is 9.63. The van der Waals surface area contributed by atoms with E-state index in [1.165, 1.54) is 0 Å². The van der Waals surface area contributed by atoms with Crippen LogP contribution < -0.4 is 10.6 Å². The van der Waals surface area contributed by atoms with Crippen LogP contribution in [0.15, 0.2) is 6.20 Å². The van der Waals surface area contributed by atoms with Crippen molar-refractivity contribution >= 4 is 11.6 Å². The van der Waals surface area contributed by atoms with Gasteiger partial charge in [-0.15, -0.1) is 0 Å². The van der Waals surface area contributed by atoms with Crippen LogP contribution in [-0.2, 0) is 11.8 Å². The summed E-state index contributed by atoms with van der Waals surface area (Å²) in [6, 6.07) is 0. The summed E-state index contributed by atoms with van der Waals surface area (Å²) in [5.41, 5.74) is 1.59. The van der Waals surface area contributed by atoms with E-state index in [9.17, 15) is 4.79 Å². The van der Waals surface area contributed by atoms with Crippen LogP contribution in [0.25, 0.3) is 0 Å². The molecule has 13 heavy (non-hydrogen) atoms. The average Bonchev–Trinajstić information content (AvgIpc) is 2.30. The summed E-state index contributed by atoms with van der Waals surface area (Å²) in [6.45, 7) is 2.17. The molecule has 0 fully saturated rings. The van der Waals surface area contributed by atoms with Crippen LogP contribution >= 0.6 is 0 Å². The molecule has 0 atom stereocenters. The van der Waals surface area contributed by atoms with Crippen molar-refractivity contribution in [2.75, 3.05) is 18.9 Å². The largest absolute Gasteiger partial charge is 0.322 e. The SMILES string of the molecule is CNCC(=O)Nc1cn(C)nc1C. The minimum absolute atomic E-state index is 0.0569. The van der Waals surface area contributed by atoms with Gasteiger partial charge in [-0.25, -0.2) is 0 Å². The lowest BCUT2D eigenvalue weighted by atomic mass is 10.4. The van der Waals surface area contributed by atoms with E-state index in [0.29, 0.717) is 6.54 Å². The van der Waals surface area contributed by atoms with E-state index in [-0.39, 0.29) is 5.91 Å². The molecule has 1 aromatic rings. The molecule has 0 bridgehead atoms. The van der Waals surface area contributed by atoms with Crippen LogP contribution in [0.5, 0.6) is 0 Å². The van der Waals surface area contributed by atoms with E-state index in [0.717, 1.165) is 11.4 Å². The number of aryl methyl sites for hydroxylation is 2. The van der Waals surface area contributed by atoms with Crippen molar-refractivity contribution in [2.24, 2.45) is 7.05 Å². The van der Waals surface area contributed by atoms with Gasteiger partial charge in [-0.05, 0) is 14.0 Å². The molecule has 2 N–H and O–H groups in total. The fourth-order valence-corrected chi connectivity index (χ4v) is 1.08. The number of carbonyl (C=O) groups excluding carboxylic acids is 1. The van der Waals surface area contributed by atoms with Gasteiger partial charge in [-0.1, -0.05) is 0 Å². The predicted molar refractivity (Wildman–Crippen MR) is 50.5 cm³/mol. The standard InChI is InChI=1S/C8H14N4O/c1-6-7(5-12(3)11-6)10-8(13)4-9-2/h5,9H,4H2,1-3H3,(H,10,13). The Labute approximate surface area is 77.1 Å². The van der Waals surface area contributed by atoms with Gasteiger partial charge in [-0.2, -0.15) is 5.10 Å². The van der Waals surface area contributed by atoms with Crippen molar-refractivity contribution in [1.29, 1.82) is 0 Å². The zero-order chi connectivity index (χ0) is 9.84. The summed E-state index contributed by atoms with van der Waals surface area (Å²) in [4.78, 5) is 11.2. The molecule has 1 rings (SSSR count).